The van der Waals surface area contributed by atoms with Gasteiger partial charge in [0, 0.05) is 82.5 Å². The molecule has 4 atom stereocenters. The van der Waals surface area contributed by atoms with Gasteiger partial charge in [0.05, 0.1) is 13.1 Å². The van der Waals surface area contributed by atoms with E-state index in [0.29, 0.717) is 55.3 Å². The number of carboxylic acid groups (broad SMARTS) is 5. The molecule has 0 aromatic heterocycles. The van der Waals surface area contributed by atoms with Crippen molar-refractivity contribution in [1.82, 2.24) is 41.7 Å². The van der Waals surface area contributed by atoms with Crippen LogP contribution in [0.3, 0.4) is 0 Å². The van der Waals surface area contributed by atoms with Gasteiger partial charge in [-0.15, -0.1) is 0 Å². The molecule has 0 heterocycles. The first-order valence-corrected chi connectivity index (χ1v) is 29.5. The number of nitrogens with zero attached hydrogens (tertiary/aromatic N) is 2. The zero-order valence-corrected chi connectivity index (χ0v) is 49.6. The zero-order valence-electron chi connectivity index (χ0n) is 49.6. The number of aliphatic carboxylic acids is 5. The number of benzene rings is 4. The Bertz CT molecular complexity index is 2930. The molecular weight excluding hydrogens is 1140 g/mol. The summed E-state index contributed by atoms with van der Waals surface area (Å²) in [6.45, 7) is 2.12. The van der Waals surface area contributed by atoms with Gasteiger partial charge in [0.25, 0.3) is 0 Å². The number of aromatic hydroxyl groups is 2. The van der Waals surface area contributed by atoms with E-state index in [-0.39, 0.29) is 102 Å². The van der Waals surface area contributed by atoms with E-state index in [9.17, 15) is 78.6 Å². The first kappa shape index (κ1) is 71.4. The lowest BCUT2D eigenvalue weighted by molar-refractivity contribution is -0.141. The molecule has 0 radical (unpaired) electrons. The van der Waals surface area contributed by atoms with Gasteiger partial charge in [0.15, 0.2) is 0 Å². The monoisotopic (exact) mass is 1220 g/mol. The number of amides is 6. The van der Waals surface area contributed by atoms with Crippen molar-refractivity contribution in [3.63, 3.8) is 0 Å². The molecule has 4 unspecified atom stereocenters. The van der Waals surface area contributed by atoms with Crippen molar-refractivity contribution >= 4 is 59.5 Å². The molecule has 0 spiro atoms. The van der Waals surface area contributed by atoms with Gasteiger partial charge >= 0.3 is 35.9 Å². The number of phenols is 2. The van der Waals surface area contributed by atoms with Crippen LogP contribution in [0.15, 0.2) is 97.1 Å². The Labute approximate surface area is 511 Å². The number of rotatable bonds is 43. The molecule has 4 rings (SSSR count). The van der Waals surface area contributed by atoms with Crippen LogP contribution in [0.5, 0.6) is 11.5 Å². The van der Waals surface area contributed by atoms with E-state index in [1.807, 2.05) is 61.5 Å². The second kappa shape index (κ2) is 38.8. The normalized spacial score (nSPS) is 12.4. The summed E-state index contributed by atoms with van der Waals surface area (Å²) in [4.78, 5) is 127. The van der Waals surface area contributed by atoms with Gasteiger partial charge in [-0.3, -0.25) is 43.4 Å². The minimum Gasteiger partial charge on any atom is -0.508 e. The summed E-state index contributed by atoms with van der Waals surface area (Å²) in [7, 11) is 0. The quantitative estimate of drug-likeness (QED) is 0.0274. The van der Waals surface area contributed by atoms with Gasteiger partial charge < -0.3 is 67.6 Å². The molecule has 13 N–H and O–H groups in total. The van der Waals surface area contributed by atoms with Crippen LogP contribution in [0.2, 0.25) is 0 Å². The van der Waals surface area contributed by atoms with Crippen LogP contribution in [0, 0.1) is 0 Å². The minimum absolute atomic E-state index is 0.00311. The summed E-state index contributed by atoms with van der Waals surface area (Å²) in [5, 5.41) is 84.3. The van der Waals surface area contributed by atoms with Crippen LogP contribution in [0.25, 0.3) is 0 Å². The number of hydrogen-bond donors (Lipinski definition) is 13. The molecule has 88 heavy (non-hydrogen) atoms. The van der Waals surface area contributed by atoms with Crippen molar-refractivity contribution in [3.05, 3.63) is 130 Å². The first-order chi connectivity index (χ1) is 42.1. The number of urea groups is 1. The first-order valence-electron chi connectivity index (χ1n) is 29.5. The molecule has 0 aliphatic rings. The Hall–Kier alpha value is -9.10. The van der Waals surface area contributed by atoms with Crippen LogP contribution < -0.4 is 31.9 Å². The lowest BCUT2D eigenvalue weighted by atomic mass is 10.0. The number of nitrogens with one attached hydrogen (secondary N) is 6. The Morgan fingerprint density at radius 2 is 0.932 bits per heavy atom. The predicted octanol–water partition coefficient (Wildman–Crippen LogP) is 4.33. The summed E-state index contributed by atoms with van der Waals surface area (Å²) in [6, 6.07) is 22.2. The van der Waals surface area contributed by atoms with Crippen molar-refractivity contribution in [3.8, 4) is 11.5 Å². The largest absolute Gasteiger partial charge is 0.508 e. The van der Waals surface area contributed by atoms with Crippen molar-refractivity contribution in [2.45, 2.75) is 147 Å². The molecule has 6 amide bonds. The summed E-state index contributed by atoms with van der Waals surface area (Å²) in [6.07, 6.45) is 4.63. The molecule has 0 aliphatic carbocycles. The van der Waals surface area contributed by atoms with E-state index < -0.39 is 90.7 Å². The molecule has 0 fully saturated rings. The minimum atomic E-state index is -1.52. The van der Waals surface area contributed by atoms with Gasteiger partial charge in [0.1, 0.15) is 35.7 Å². The van der Waals surface area contributed by atoms with Crippen molar-refractivity contribution in [2.24, 2.45) is 0 Å². The second-order valence-corrected chi connectivity index (χ2v) is 21.5. The van der Waals surface area contributed by atoms with Crippen molar-refractivity contribution in [2.75, 3.05) is 39.3 Å². The maximum atomic E-state index is 14.2. The van der Waals surface area contributed by atoms with E-state index in [1.54, 1.807) is 46.2 Å². The third-order valence-corrected chi connectivity index (χ3v) is 14.4. The molecule has 4 aromatic rings. The second-order valence-electron chi connectivity index (χ2n) is 21.5. The highest BCUT2D eigenvalue weighted by Crippen LogP contribution is 2.24. The molecule has 4 aromatic carbocycles. The summed E-state index contributed by atoms with van der Waals surface area (Å²) >= 11 is 0. The Morgan fingerprint density at radius 3 is 1.45 bits per heavy atom. The summed E-state index contributed by atoms with van der Waals surface area (Å²) in [5.41, 5.74) is 3.98. The highest BCUT2D eigenvalue weighted by Gasteiger charge is 2.29. The van der Waals surface area contributed by atoms with E-state index in [4.69, 9.17) is 5.11 Å². The number of unbranched alkanes of at least 4 members (excludes halogenated alkanes) is 5. The fourth-order valence-electron chi connectivity index (χ4n) is 9.56. The number of aryl methyl sites for hydroxylation is 2. The van der Waals surface area contributed by atoms with Crippen molar-refractivity contribution in [1.29, 1.82) is 0 Å². The molecule has 25 heteroatoms. The van der Waals surface area contributed by atoms with Gasteiger partial charge in [0.2, 0.25) is 23.6 Å². The molecule has 25 nitrogen and oxygen atoms in total. The molecule has 0 saturated carbocycles. The number of phenolic OH excluding ortho intramolecular Hbond substituents is 2. The standard InChI is InChI=1S/C63H84N8O17/c1-2-42-22-25-46(52(72)36-42)38-70(40-57(78)79)32-33-71(41-58(80)81)39-47-26-23-45(37-53(47)73)24-28-55(75)66-51(35-44-18-10-7-11-19-44)60(83)67-50(34-43-16-8-6-9-17-43)59(82)65-31-14-5-3-4-12-21-54(74)64-30-15-13-20-48(61(84)85)68-63(88)69-49(62(86)87)27-29-56(76)77/h6-11,16-19,22-23,25-26,36-37,48-51,72-73H,2-5,12-15,20-21,24,27-35,38-41H2,1H3,(H,64,74)(H,65,82)(H,66,75)(H,67,83)(H,76,77)(H,78,79)(H,80,81)(H,84,85)(H,86,87)(H2,68,69,88). The Morgan fingerprint density at radius 1 is 0.443 bits per heavy atom. The average molecular weight is 1230 g/mol. The Kier molecular flexibility index (Phi) is 31.5. The van der Waals surface area contributed by atoms with Crippen LogP contribution in [0.1, 0.15) is 117 Å². The van der Waals surface area contributed by atoms with Gasteiger partial charge in [-0.2, -0.15) is 0 Å². The highest BCUT2D eigenvalue weighted by molar-refractivity contribution is 5.92. The zero-order chi connectivity index (χ0) is 64.4. The van der Waals surface area contributed by atoms with E-state index >= 15 is 0 Å². The van der Waals surface area contributed by atoms with Crippen LogP contribution in [-0.4, -0.2) is 168 Å². The maximum absolute atomic E-state index is 14.2. The van der Waals surface area contributed by atoms with Gasteiger partial charge in [-0.1, -0.05) is 111 Å². The molecular formula is C63H84N8O17. The molecule has 0 saturated heterocycles. The number of hydrogen-bond acceptors (Lipinski definition) is 14. The lowest BCUT2D eigenvalue weighted by Crippen LogP contribution is -2.55. The fraction of sp³-hybridized carbons (Fsp3) is 0.460. The maximum Gasteiger partial charge on any atom is 0.326 e. The molecule has 478 valence electrons. The topological polar surface area (TPSA) is 391 Å². The lowest BCUT2D eigenvalue weighted by Gasteiger charge is -2.26. The van der Waals surface area contributed by atoms with E-state index in [0.717, 1.165) is 36.0 Å². The third kappa shape index (κ3) is 28.4. The predicted molar refractivity (Wildman–Crippen MR) is 323 cm³/mol. The van der Waals surface area contributed by atoms with E-state index in [1.165, 1.54) is 6.07 Å². The number of carbonyl (C=O) groups excluding carboxylic acids is 5. The summed E-state index contributed by atoms with van der Waals surface area (Å²) in [5.74, 6) is -8.04. The SMILES string of the molecule is CCc1ccc(CN(CCN(CC(=O)O)Cc2ccc(CCC(=O)NC(Cc3ccccc3)C(=O)NC(Cc3ccccc3)C(=O)NCCCCCCCC(=O)NCCCCC(NC(=O)NC(CCC(=O)O)C(=O)O)C(=O)O)cc2O)CC(=O)O)c(O)c1. The van der Waals surface area contributed by atoms with Gasteiger partial charge in [-0.25, -0.2) is 14.4 Å². The molecule has 0 bridgehead atoms. The van der Waals surface area contributed by atoms with Gasteiger partial charge in [-0.05, 0) is 85.8 Å². The smallest absolute Gasteiger partial charge is 0.326 e. The average Bonchev–Trinajstić information content (AvgIpc) is 3.62. The third-order valence-electron chi connectivity index (χ3n) is 14.4. The number of carbonyl (C=O) groups is 10. The highest BCUT2D eigenvalue weighted by atomic mass is 16.4. The van der Waals surface area contributed by atoms with Crippen molar-refractivity contribution < 1.29 is 83.7 Å². The van der Waals surface area contributed by atoms with Crippen LogP contribution in [-0.2, 0) is 81.9 Å². The van der Waals surface area contributed by atoms with Crippen LogP contribution in [0.4, 0.5) is 4.79 Å². The fourth-order valence-corrected chi connectivity index (χ4v) is 9.56. The Balaban J connectivity index is 1.24. The molecule has 0 aliphatic heterocycles. The van der Waals surface area contributed by atoms with Crippen LogP contribution >= 0.6 is 0 Å². The summed E-state index contributed by atoms with van der Waals surface area (Å²) < 4.78 is 0. The number of carboxylic acids is 5. The van der Waals surface area contributed by atoms with E-state index in [2.05, 4.69) is 31.9 Å².